The number of carbonyl (C=O) groups excluding carboxylic acids is 1. The van der Waals surface area contributed by atoms with Gasteiger partial charge in [0.1, 0.15) is 17.5 Å². The molecule has 1 amide bonds. The fourth-order valence-corrected chi connectivity index (χ4v) is 4.22. The summed E-state index contributed by atoms with van der Waals surface area (Å²) in [5.74, 6) is -1.85. The van der Waals surface area contributed by atoms with Crippen molar-refractivity contribution in [2.24, 2.45) is 0 Å². The van der Waals surface area contributed by atoms with Crippen LogP contribution in [0.3, 0.4) is 0 Å². The van der Waals surface area contributed by atoms with E-state index in [0.29, 0.717) is 35.2 Å². The van der Waals surface area contributed by atoms with E-state index < -0.39 is 23.4 Å². The number of carbonyl (C=O) groups is 1. The first-order valence-corrected chi connectivity index (χ1v) is 11.1. The van der Waals surface area contributed by atoms with Crippen molar-refractivity contribution >= 4 is 34.1 Å². The number of anilines is 3. The summed E-state index contributed by atoms with van der Waals surface area (Å²) in [6.45, 7) is 1.35. The van der Waals surface area contributed by atoms with Gasteiger partial charge in [0.2, 0.25) is 5.95 Å². The number of halogens is 3. The topological polar surface area (TPSA) is 83.0 Å². The molecule has 7 nitrogen and oxygen atoms in total. The first-order valence-electron chi connectivity index (χ1n) is 11.1. The van der Waals surface area contributed by atoms with E-state index in [1.54, 1.807) is 12.1 Å². The molecule has 2 aromatic heterocycles. The highest BCUT2D eigenvalue weighted by Gasteiger charge is 2.31. The smallest absolute Gasteiger partial charge is 0.262 e. The molecule has 0 bridgehead atoms. The Labute approximate surface area is 199 Å². The number of hydrogen-bond acceptors (Lipinski definition) is 6. The van der Waals surface area contributed by atoms with Crippen LogP contribution in [0.4, 0.5) is 30.6 Å². The Morgan fingerprint density at radius 2 is 1.83 bits per heavy atom. The second-order valence-corrected chi connectivity index (χ2v) is 8.22. The normalized spacial score (nSPS) is 15.7. The Bertz CT molecular complexity index is 1380. The summed E-state index contributed by atoms with van der Waals surface area (Å²) >= 11 is 0. The van der Waals surface area contributed by atoms with Crippen LogP contribution in [0.25, 0.3) is 10.8 Å². The number of hydrogen-bond donors (Lipinski definition) is 2. The summed E-state index contributed by atoms with van der Waals surface area (Å²) in [6, 6.07) is 9.73. The maximum Gasteiger partial charge on any atom is 0.262 e. The van der Waals surface area contributed by atoms with E-state index in [1.165, 1.54) is 35.4 Å². The lowest BCUT2D eigenvalue weighted by atomic mass is 10.0. The van der Waals surface area contributed by atoms with Crippen molar-refractivity contribution in [3.05, 3.63) is 84.1 Å². The number of pyridine rings is 1. The number of amides is 1. The van der Waals surface area contributed by atoms with Gasteiger partial charge in [0.05, 0.1) is 24.0 Å². The molecule has 1 atom stereocenters. The molecule has 2 N–H and O–H groups in total. The fourth-order valence-electron chi connectivity index (χ4n) is 4.22. The fraction of sp³-hybridized carbons (Fsp3) is 0.200. The molecule has 1 aliphatic heterocycles. The number of benzene rings is 2. The minimum atomic E-state index is -0.748. The van der Waals surface area contributed by atoms with Crippen molar-refractivity contribution in [3.63, 3.8) is 0 Å². The van der Waals surface area contributed by atoms with Crippen molar-refractivity contribution < 1.29 is 18.0 Å². The first kappa shape index (κ1) is 22.7. The molecule has 4 aromatic rings. The van der Waals surface area contributed by atoms with E-state index in [-0.39, 0.29) is 17.6 Å². The lowest BCUT2D eigenvalue weighted by Gasteiger charge is -2.34. The third-order valence-electron chi connectivity index (χ3n) is 5.86. The van der Waals surface area contributed by atoms with E-state index >= 15 is 4.39 Å². The van der Waals surface area contributed by atoms with Crippen LogP contribution in [0.5, 0.6) is 0 Å². The number of rotatable bonds is 5. The van der Waals surface area contributed by atoms with Crippen LogP contribution < -0.4 is 15.5 Å². The highest BCUT2D eigenvalue weighted by atomic mass is 19.1. The van der Waals surface area contributed by atoms with Gasteiger partial charge in [0.15, 0.2) is 5.82 Å². The maximum atomic E-state index is 15.2. The van der Waals surface area contributed by atoms with Gasteiger partial charge in [-0.2, -0.15) is 0 Å². The standard InChI is InChI=1S/C25H21F3N6O/c26-16-3-5-20-15(10-16)7-9-30-23(20)34(19-2-1-8-29-14-19)24(35)21-6-4-18(11-22(21)28)33-25-31-12-17(27)13-32-25/h3-7,9-13,19,29H,1-2,8,14H2,(H,31,32,33)/t19-/m1/s1. The minimum Gasteiger partial charge on any atom is -0.324 e. The summed E-state index contributed by atoms with van der Waals surface area (Å²) in [7, 11) is 0. The molecular weight excluding hydrogens is 457 g/mol. The van der Waals surface area contributed by atoms with Gasteiger partial charge in [0, 0.05) is 23.8 Å². The van der Waals surface area contributed by atoms with Crippen molar-refractivity contribution in [1.82, 2.24) is 20.3 Å². The molecule has 3 heterocycles. The monoisotopic (exact) mass is 478 g/mol. The third kappa shape index (κ3) is 4.78. The summed E-state index contributed by atoms with van der Waals surface area (Å²) in [6.07, 6.45) is 5.04. The van der Waals surface area contributed by atoms with Gasteiger partial charge >= 0.3 is 0 Å². The zero-order valence-corrected chi connectivity index (χ0v) is 18.5. The van der Waals surface area contributed by atoms with Gasteiger partial charge in [-0.1, -0.05) is 0 Å². The van der Waals surface area contributed by atoms with Gasteiger partial charge in [-0.05, 0) is 67.2 Å². The summed E-state index contributed by atoms with van der Waals surface area (Å²) in [5, 5.41) is 7.25. The molecule has 1 fully saturated rings. The molecule has 35 heavy (non-hydrogen) atoms. The van der Waals surface area contributed by atoms with Crippen LogP contribution in [-0.2, 0) is 0 Å². The number of nitrogens with zero attached hydrogens (tertiary/aromatic N) is 4. The Morgan fingerprint density at radius 1 is 1.00 bits per heavy atom. The lowest BCUT2D eigenvalue weighted by molar-refractivity contribution is 0.0968. The molecule has 0 saturated carbocycles. The number of aromatic nitrogens is 3. The van der Waals surface area contributed by atoms with Gasteiger partial charge in [-0.15, -0.1) is 0 Å². The van der Waals surface area contributed by atoms with Crippen LogP contribution in [0.2, 0.25) is 0 Å². The van der Waals surface area contributed by atoms with E-state index in [4.69, 9.17) is 0 Å². The van der Waals surface area contributed by atoms with Crippen LogP contribution >= 0.6 is 0 Å². The predicted octanol–water partition coefficient (Wildman–Crippen LogP) is 4.58. The summed E-state index contributed by atoms with van der Waals surface area (Å²) in [5.41, 5.74) is 0.164. The SMILES string of the molecule is O=C(c1ccc(Nc2ncc(F)cn2)cc1F)N(c1nccc2cc(F)ccc12)[C@@H]1CCCNC1. The van der Waals surface area contributed by atoms with Crippen LogP contribution in [0.15, 0.2) is 61.1 Å². The molecule has 0 aliphatic carbocycles. The Hall–Kier alpha value is -4.05. The van der Waals surface area contributed by atoms with Crippen molar-refractivity contribution in [2.75, 3.05) is 23.3 Å². The molecule has 1 aliphatic rings. The van der Waals surface area contributed by atoms with Gasteiger partial charge in [-0.25, -0.2) is 28.1 Å². The second-order valence-electron chi connectivity index (χ2n) is 8.22. The quantitative estimate of drug-likeness (QED) is 0.437. The maximum absolute atomic E-state index is 15.2. The van der Waals surface area contributed by atoms with Crippen LogP contribution in [-0.4, -0.2) is 40.0 Å². The summed E-state index contributed by atoms with van der Waals surface area (Å²) < 4.78 is 42.1. The lowest BCUT2D eigenvalue weighted by Crippen LogP contribution is -2.49. The molecule has 2 aromatic carbocycles. The van der Waals surface area contributed by atoms with Crippen molar-refractivity contribution in [3.8, 4) is 0 Å². The Kier molecular flexibility index (Phi) is 6.28. The van der Waals surface area contributed by atoms with Crippen molar-refractivity contribution in [1.29, 1.82) is 0 Å². The van der Waals surface area contributed by atoms with E-state index in [1.807, 2.05) is 0 Å². The summed E-state index contributed by atoms with van der Waals surface area (Å²) in [4.78, 5) is 27.3. The number of nitrogens with one attached hydrogen (secondary N) is 2. The zero-order valence-electron chi connectivity index (χ0n) is 18.5. The Balaban J connectivity index is 1.51. The highest BCUT2D eigenvalue weighted by Crippen LogP contribution is 2.30. The number of piperidine rings is 1. The van der Waals surface area contributed by atoms with Crippen LogP contribution in [0, 0.1) is 17.5 Å². The first-order chi connectivity index (χ1) is 17.0. The molecule has 178 valence electrons. The molecule has 10 heteroatoms. The molecular formula is C25H21F3N6O. The van der Waals surface area contributed by atoms with E-state index in [9.17, 15) is 13.6 Å². The Morgan fingerprint density at radius 3 is 2.57 bits per heavy atom. The largest absolute Gasteiger partial charge is 0.324 e. The van der Waals surface area contributed by atoms with Gasteiger partial charge in [0.25, 0.3) is 5.91 Å². The van der Waals surface area contributed by atoms with Gasteiger partial charge in [-0.3, -0.25) is 9.69 Å². The molecule has 5 rings (SSSR count). The molecule has 1 saturated heterocycles. The van der Waals surface area contributed by atoms with Gasteiger partial charge < -0.3 is 10.6 Å². The van der Waals surface area contributed by atoms with Crippen LogP contribution in [0.1, 0.15) is 23.2 Å². The molecule has 0 radical (unpaired) electrons. The highest BCUT2D eigenvalue weighted by molar-refractivity contribution is 6.10. The molecule has 0 unspecified atom stereocenters. The second kappa shape index (κ2) is 9.67. The molecule has 0 spiro atoms. The van der Waals surface area contributed by atoms with E-state index in [2.05, 4.69) is 25.6 Å². The number of fused-ring (bicyclic) bond motifs is 1. The third-order valence-corrected chi connectivity index (χ3v) is 5.86. The zero-order chi connectivity index (χ0) is 24.4. The van der Waals surface area contributed by atoms with E-state index in [0.717, 1.165) is 31.4 Å². The van der Waals surface area contributed by atoms with Crippen molar-refractivity contribution in [2.45, 2.75) is 18.9 Å². The predicted molar refractivity (Wildman–Crippen MR) is 126 cm³/mol. The average molecular weight is 478 g/mol. The minimum absolute atomic E-state index is 0.0898. The average Bonchev–Trinajstić information content (AvgIpc) is 2.86.